The first-order valence-electron chi connectivity index (χ1n) is 8.98. The van der Waals surface area contributed by atoms with Gasteiger partial charge in [-0.1, -0.05) is 6.07 Å². The lowest BCUT2D eigenvalue weighted by molar-refractivity contribution is -0.0328. The highest BCUT2D eigenvalue weighted by Gasteiger charge is 2.29. The number of fused-ring (bicyclic) bond motifs is 1. The van der Waals surface area contributed by atoms with Crippen molar-refractivity contribution in [2.75, 3.05) is 22.2 Å². The van der Waals surface area contributed by atoms with Crippen LogP contribution in [0.1, 0.15) is 0 Å². The van der Waals surface area contributed by atoms with Gasteiger partial charge in [-0.2, -0.15) is 13.2 Å². The third kappa shape index (κ3) is 4.94. The lowest BCUT2D eigenvalue weighted by Crippen LogP contribution is -2.42. The molecule has 1 aliphatic heterocycles. The number of nitrogens with two attached hydrogens (primary N) is 1. The molecule has 0 fully saturated rings. The minimum Gasteiger partial charge on any atom is -0.446 e. The average molecular weight is 447 g/mol. The van der Waals surface area contributed by atoms with Gasteiger partial charge >= 0.3 is 11.5 Å². The molecule has 1 aromatic heterocycles. The van der Waals surface area contributed by atoms with Gasteiger partial charge in [0.1, 0.15) is 12.5 Å². The van der Waals surface area contributed by atoms with Gasteiger partial charge < -0.3 is 25.7 Å². The van der Waals surface area contributed by atoms with Crippen LogP contribution in [0.2, 0.25) is 0 Å². The Morgan fingerprint density at radius 2 is 1.84 bits per heavy atom. The monoisotopic (exact) mass is 447 g/mol. The van der Waals surface area contributed by atoms with Crippen molar-refractivity contribution in [3.05, 3.63) is 71.6 Å². The number of nitrogens with one attached hydrogen (secondary N) is 2. The second kappa shape index (κ2) is 8.26. The number of rotatable bonds is 4. The van der Waals surface area contributed by atoms with E-state index in [-0.39, 0.29) is 22.3 Å². The molecular weight excluding hydrogens is 431 g/mol. The van der Waals surface area contributed by atoms with Crippen LogP contribution in [0.25, 0.3) is 5.82 Å². The molecule has 0 unspecified atom stereocenters. The number of furan rings is 1. The summed E-state index contributed by atoms with van der Waals surface area (Å²) in [4.78, 5) is 18.3. The van der Waals surface area contributed by atoms with Crippen LogP contribution in [-0.4, -0.2) is 18.2 Å². The average Bonchev–Trinajstić information content (AvgIpc) is 3.18. The Bertz CT molecular complexity index is 1220. The normalized spacial score (nSPS) is 13.4. The molecule has 7 nitrogen and oxygen atoms in total. The number of halogens is 3. The number of anilines is 3. The van der Waals surface area contributed by atoms with E-state index in [1.54, 1.807) is 35.2 Å². The first-order valence-corrected chi connectivity index (χ1v) is 9.79. The van der Waals surface area contributed by atoms with Crippen molar-refractivity contribution >= 4 is 40.7 Å². The van der Waals surface area contributed by atoms with Gasteiger partial charge in [0, 0.05) is 22.0 Å². The molecule has 0 spiro atoms. The van der Waals surface area contributed by atoms with Gasteiger partial charge in [0.15, 0.2) is 0 Å². The lowest BCUT2D eigenvalue weighted by atomic mass is 10.2. The second-order valence-corrected chi connectivity index (χ2v) is 7.59. The van der Waals surface area contributed by atoms with E-state index in [0.29, 0.717) is 28.9 Å². The number of alkyl halides is 3. The molecule has 11 heteroatoms. The van der Waals surface area contributed by atoms with Crippen LogP contribution in [0, 0.1) is 0 Å². The predicted molar refractivity (Wildman–Crippen MR) is 112 cm³/mol. The van der Waals surface area contributed by atoms with Crippen LogP contribution in [0.3, 0.4) is 0 Å². The van der Waals surface area contributed by atoms with Crippen LogP contribution in [-0.2, 0) is 0 Å². The zero-order chi connectivity index (χ0) is 22.0. The fourth-order valence-electron chi connectivity index (χ4n) is 2.99. The number of amides is 2. The lowest BCUT2D eigenvalue weighted by Gasteiger charge is -2.24. The number of benzene rings is 2. The number of urea groups is 1. The largest absolute Gasteiger partial charge is 0.446 e. The fourth-order valence-corrected chi connectivity index (χ4v) is 3.58. The van der Waals surface area contributed by atoms with Crippen molar-refractivity contribution in [3.8, 4) is 0 Å². The summed E-state index contributed by atoms with van der Waals surface area (Å²) in [5, 5.41) is 5.86. The molecule has 2 aromatic carbocycles. The zero-order valence-electron chi connectivity index (χ0n) is 15.8. The number of carbonyl (C=O) groups excluding carboxylic acids is 1. The molecule has 4 N–H and O–H groups in total. The number of nitrogens with zero attached hydrogens (tertiary/aromatic N) is 2. The molecule has 31 heavy (non-hydrogen) atoms. The van der Waals surface area contributed by atoms with Gasteiger partial charge in [0.2, 0.25) is 5.55 Å². The van der Waals surface area contributed by atoms with E-state index in [9.17, 15) is 18.0 Å². The van der Waals surface area contributed by atoms with Gasteiger partial charge in [-0.15, -0.1) is 0 Å². The number of hydrogen-bond donors (Lipinski definition) is 3. The van der Waals surface area contributed by atoms with Crippen molar-refractivity contribution < 1.29 is 22.4 Å². The van der Waals surface area contributed by atoms with E-state index >= 15 is 0 Å². The van der Waals surface area contributed by atoms with Gasteiger partial charge in [-0.25, -0.2) is 9.79 Å². The van der Waals surface area contributed by atoms with Crippen molar-refractivity contribution in [1.29, 1.82) is 0 Å². The van der Waals surface area contributed by atoms with E-state index in [1.165, 1.54) is 30.5 Å². The molecule has 0 radical (unpaired) electrons. The Labute approximate surface area is 178 Å². The molecule has 0 bridgehead atoms. The smallest absolute Gasteiger partial charge is 0.446 e. The predicted octanol–water partition coefficient (Wildman–Crippen LogP) is 3.66. The molecule has 2 amide bonds. The molecule has 0 saturated heterocycles. The molecular formula is C20H16F3N5O2S. The van der Waals surface area contributed by atoms with Crippen molar-refractivity contribution in [1.82, 2.24) is 0 Å². The van der Waals surface area contributed by atoms with Crippen LogP contribution >= 0.6 is 11.8 Å². The summed E-state index contributed by atoms with van der Waals surface area (Å²) >= 11 is -0.244. The standard InChI is InChI=1S/C20H16F3N5O2S/c21-20(22,23)31-15-3-1-2-13(10-15)27-19(29)26-12-4-6-14(7-5-12)28-11-25-18-16(17(28)24)8-9-30-18/h1-10H,11,24H2,(H2,26,27,29). The Kier molecular flexibility index (Phi) is 5.51. The van der Waals surface area contributed by atoms with Crippen LogP contribution in [0.5, 0.6) is 0 Å². The Balaban J connectivity index is 1.41. The minimum absolute atomic E-state index is 0.0174. The van der Waals surface area contributed by atoms with Crippen LogP contribution in [0.15, 0.2) is 75.2 Å². The van der Waals surface area contributed by atoms with E-state index in [2.05, 4.69) is 15.6 Å². The zero-order valence-corrected chi connectivity index (χ0v) is 16.6. The Morgan fingerprint density at radius 1 is 1.10 bits per heavy atom. The summed E-state index contributed by atoms with van der Waals surface area (Å²) in [6, 6.07) is 13.6. The summed E-state index contributed by atoms with van der Waals surface area (Å²) in [5.41, 5.74) is 3.80. The number of hydrogen-bond acceptors (Lipinski definition) is 6. The maximum atomic E-state index is 12.5. The summed E-state index contributed by atoms with van der Waals surface area (Å²) in [5.74, 6) is 0.508. The molecule has 4 rings (SSSR count). The Hall–Kier alpha value is -3.60. The highest BCUT2D eigenvalue weighted by molar-refractivity contribution is 8.00. The third-order valence-corrected chi connectivity index (χ3v) is 5.05. The summed E-state index contributed by atoms with van der Waals surface area (Å²) in [7, 11) is 0. The van der Waals surface area contributed by atoms with Gasteiger partial charge in [-0.05, 0) is 60.3 Å². The second-order valence-electron chi connectivity index (χ2n) is 6.45. The van der Waals surface area contributed by atoms with Crippen LogP contribution < -0.4 is 32.0 Å². The van der Waals surface area contributed by atoms with E-state index in [1.807, 2.05) is 0 Å². The highest BCUT2D eigenvalue weighted by atomic mass is 32.2. The molecule has 2 heterocycles. The topological polar surface area (TPSA) is 95.9 Å². The van der Waals surface area contributed by atoms with Crippen LogP contribution in [0.4, 0.5) is 35.0 Å². The minimum atomic E-state index is -4.40. The Morgan fingerprint density at radius 3 is 2.58 bits per heavy atom. The molecule has 0 atom stereocenters. The number of thioether (sulfide) groups is 1. The van der Waals surface area contributed by atoms with Gasteiger partial charge in [0.25, 0.3) is 0 Å². The fraction of sp³-hybridized carbons (Fsp3) is 0.100. The summed E-state index contributed by atoms with van der Waals surface area (Å²) in [6.45, 7) is 0.298. The first-order chi connectivity index (χ1) is 14.8. The third-order valence-electron chi connectivity index (χ3n) is 4.33. The SMILES string of the molecule is NC1=c2ccoc2=NCN1c1ccc(NC(=O)Nc2cccc(SC(F)(F)F)c2)cc1. The summed E-state index contributed by atoms with van der Waals surface area (Å²) in [6.07, 6.45) is 1.52. The first kappa shape index (κ1) is 20.7. The van der Waals surface area contributed by atoms with Crippen molar-refractivity contribution in [3.63, 3.8) is 0 Å². The van der Waals surface area contributed by atoms with E-state index in [0.717, 1.165) is 5.69 Å². The van der Waals surface area contributed by atoms with Crippen molar-refractivity contribution in [2.45, 2.75) is 10.4 Å². The quantitative estimate of drug-likeness (QED) is 0.531. The van der Waals surface area contributed by atoms with E-state index in [4.69, 9.17) is 10.2 Å². The van der Waals surface area contributed by atoms with E-state index < -0.39 is 11.5 Å². The maximum Gasteiger partial charge on any atom is 0.446 e. The molecule has 3 aromatic rings. The van der Waals surface area contributed by atoms with Gasteiger partial charge in [-0.3, -0.25) is 0 Å². The van der Waals surface area contributed by atoms with Crippen molar-refractivity contribution in [2.24, 2.45) is 10.7 Å². The molecule has 0 aliphatic carbocycles. The number of carbonyl (C=O) groups is 1. The molecule has 1 aliphatic rings. The highest BCUT2D eigenvalue weighted by Crippen LogP contribution is 2.37. The molecule has 160 valence electrons. The maximum absolute atomic E-state index is 12.5. The summed E-state index contributed by atoms with van der Waals surface area (Å²) < 4.78 is 42.8. The van der Waals surface area contributed by atoms with Gasteiger partial charge in [0.05, 0.1) is 11.5 Å². The molecule has 0 saturated carbocycles.